The number of nitrogens with one attached hydrogen (secondary N) is 2. The van der Waals surface area contributed by atoms with E-state index in [1.165, 1.54) is 4.57 Å². The number of ether oxygens (including phenoxy) is 2. The Morgan fingerprint density at radius 1 is 1.20 bits per heavy atom. The van der Waals surface area contributed by atoms with Gasteiger partial charge in [0.1, 0.15) is 18.3 Å². The van der Waals surface area contributed by atoms with Crippen LogP contribution in [0.4, 0.5) is 17.6 Å². The van der Waals surface area contributed by atoms with Crippen molar-refractivity contribution in [2.24, 2.45) is 5.10 Å². The van der Waals surface area contributed by atoms with Gasteiger partial charge in [0, 0.05) is 18.8 Å². The molecule has 186 valence electrons. The summed E-state index contributed by atoms with van der Waals surface area (Å²) >= 11 is 0. The number of nitrogen functional groups attached to an aromatic ring is 1. The first-order valence-corrected chi connectivity index (χ1v) is 11.1. The van der Waals surface area contributed by atoms with Gasteiger partial charge in [-0.3, -0.25) is 14.3 Å². The first-order valence-electron chi connectivity index (χ1n) is 11.1. The lowest BCUT2D eigenvalue weighted by Crippen LogP contribution is -2.36. The number of aromatic amines is 1. The van der Waals surface area contributed by atoms with Crippen LogP contribution >= 0.6 is 0 Å². The van der Waals surface area contributed by atoms with Gasteiger partial charge < -0.3 is 35.4 Å². The average Bonchev–Trinajstić information content (AvgIpc) is 3.36. The molecular weight excluding hydrogens is 460 g/mol. The molecule has 35 heavy (non-hydrogen) atoms. The molecule has 2 saturated heterocycles. The number of nitrogens with zero attached hydrogens (tertiary/aromatic N) is 5. The first kappa shape index (κ1) is 23.2. The summed E-state index contributed by atoms with van der Waals surface area (Å²) in [6, 6.07) is 7.82. The fraction of sp³-hybridized carbons (Fsp3) is 0.429. The van der Waals surface area contributed by atoms with Crippen LogP contribution in [-0.2, 0) is 9.47 Å². The Balaban J connectivity index is 1.42. The zero-order valence-corrected chi connectivity index (χ0v) is 18.6. The summed E-state index contributed by atoms with van der Waals surface area (Å²) in [4.78, 5) is 25.3. The third-order valence-corrected chi connectivity index (χ3v) is 5.99. The van der Waals surface area contributed by atoms with Gasteiger partial charge in [-0.25, -0.2) is 10.4 Å². The number of hydrogen-bond donors (Lipinski definition) is 6. The van der Waals surface area contributed by atoms with Crippen molar-refractivity contribution in [2.45, 2.75) is 24.5 Å². The average molecular weight is 486 g/mol. The minimum absolute atomic E-state index is 0.0219. The summed E-state index contributed by atoms with van der Waals surface area (Å²) < 4.78 is 12.3. The number of morpholine rings is 1. The topological polar surface area (TPSA) is 196 Å². The molecule has 7 N–H and O–H groups in total. The maximum atomic E-state index is 12.4. The molecule has 14 nitrogen and oxygen atoms in total. The smallest absolute Gasteiger partial charge is 0.280 e. The summed E-state index contributed by atoms with van der Waals surface area (Å²) in [5.41, 5.74) is 9.71. The van der Waals surface area contributed by atoms with Crippen molar-refractivity contribution < 1.29 is 24.8 Å². The predicted octanol–water partition coefficient (Wildman–Crippen LogP) is -1.40. The number of hydrazone groups is 1. The Bertz CT molecular complexity index is 1270. The van der Waals surface area contributed by atoms with E-state index in [0.29, 0.717) is 13.2 Å². The van der Waals surface area contributed by atoms with Crippen molar-refractivity contribution in [2.75, 3.05) is 49.0 Å². The van der Waals surface area contributed by atoms with Gasteiger partial charge in [-0.2, -0.15) is 10.1 Å². The molecule has 0 aliphatic carbocycles. The lowest BCUT2D eigenvalue weighted by Gasteiger charge is -2.28. The van der Waals surface area contributed by atoms with Crippen LogP contribution in [0.15, 0.2) is 34.2 Å². The summed E-state index contributed by atoms with van der Waals surface area (Å²) in [7, 11) is 0. The van der Waals surface area contributed by atoms with Crippen LogP contribution in [0.3, 0.4) is 0 Å². The molecule has 1 aromatic carbocycles. The molecule has 14 heteroatoms. The quantitative estimate of drug-likeness (QED) is 0.177. The minimum atomic E-state index is -1.43. The van der Waals surface area contributed by atoms with Gasteiger partial charge in [-0.05, 0) is 17.7 Å². The van der Waals surface area contributed by atoms with Crippen molar-refractivity contribution in [3.63, 3.8) is 0 Å². The van der Waals surface area contributed by atoms with Crippen molar-refractivity contribution >= 4 is 35.0 Å². The summed E-state index contributed by atoms with van der Waals surface area (Å²) in [6.07, 6.45) is -3.46. The second-order valence-electron chi connectivity index (χ2n) is 8.22. The summed E-state index contributed by atoms with van der Waals surface area (Å²) in [6.45, 7) is 2.56. The molecule has 2 aliphatic rings. The van der Waals surface area contributed by atoms with Crippen LogP contribution in [0.2, 0.25) is 0 Å². The van der Waals surface area contributed by atoms with Crippen molar-refractivity contribution in [3.05, 3.63) is 40.2 Å². The zero-order valence-electron chi connectivity index (χ0n) is 18.6. The van der Waals surface area contributed by atoms with Gasteiger partial charge in [-0.15, -0.1) is 0 Å². The minimum Gasteiger partial charge on any atom is -0.394 e. The highest BCUT2D eigenvalue weighted by molar-refractivity contribution is 5.81. The van der Waals surface area contributed by atoms with Crippen molar-refractivity contribution in [1.82, 2.24) is 19.5 Å². The maximum Gasteiger partial charge on any atom is 0.280 e. The van der Waals surface area contributed by atoms with Gasteiger partial charge in [-0.1, -0.05) is 12.1 Å². The van der Waals surface area contributed by atoms with E-state index in [2.05, 4.69) is 30.4 Å². The third kappa shape index (κ3) is 4.44. The number of H-pyrrole nitrogens is 1. The van der Waals surface area contributed by atoms with E-state index in [4.69, 9.17) is 15.2 Å². The molecule has 2 aromatic heterocycles. The molecule has 2 fully saturated rings. The van der Waals surface area contributed by atoms with E-state index < -0.39 is 36.7 Å². The summed E-state index contributed by atoms with van der Waals surface area (Å²) in [5, 5.41) is 34.4. The Hall–Kier alpha value is -3.56. The van der Waals surface area contributed by atoms with Gasteiger partial charge in [0.15, 0.2) is 17.4 Å². The standard InChI is InChI=1S/C21H26N8O6/c22-20-25-17-14(18(33)26-20)24-21(29(17)19-16(32)15(31)13(10-30)35-19)27-23-9-11-1-3-12(4-2-11)28-5-7-34-8-6-28/h1-4,9,13,15-16,19,30-32H,5-8,10H2,(H,24,27)(H3,22,25,26,33)/b23-9+. The van der Waals surface area contributed by atoms with E-state index in [0.717, 1.165) is 24.3 Å². The molecule has 4 unspecified atom stereocenters. The van der Waals surface area contributed by atoms with Crippen LogP contribution in [-0.4, -0.2) is 92.3 Å². The monoisotopic (exact) mass is 486 g/mol. The first-order chi connectivity index (χ1) is 17.0. The lowest BCUT2D eigenvalue weighted by molar-refractivity contribution is -0.0501. The molecule has 0 spiro atoms. The molecule has 0 bridgehead atoms. The molecular formula is C21H26N8O6. The number of fused-ring (bicyclic) bond motifs is 1. The highest BCUT2D eigenvalue weighted by atomic mass is 16.6. The third-order valence-electron chi connectivity index (χ3n) is 5.99. The van der Waals surface area contributed by atoms with Gasteiger partial charge in [0.05, 0.1) is 26.0 Å². The van der Waals surface area contributed by atoms with Crippen molar-refractivity contribution in [3.8, 4) is 0 Å². The SMILES string of the molecule is Nc1nc2c(nc(N/N=C/c3ccc(N4CCOCC4)cc3)n2C2OC(CO)C(O)C2O)c(=O)[nH]1. The highest BCUT2D eigenvalue weighted by Gasteiger charge is 2.45. The Morgan fingerprint density at radius 3 is 2.63 bits per heavy atom. The maximum absolute atomic E-state index is 12.4. The van der Waals surface area contributed by atoms with E-state index in [1.807, 2.05) is 24.3 Å². The summed E-state index contributed by atoms with van der Waals surface area (Å²) in [5.74, 6) is -0.134. The van der Waals surface area contributed by atoms with Gasteiger partial charge >= 0.3 is 0 Å². The molecule has 0 amide bonds. The molecule has 3 aromatic rings. The van der Waals surface area contributed by atoms with Gasteiger partial charge in [0.25, 0.3) is 5.56 Å². The molecule has 5 rings (SSSR count). The number of aromatic nitrogens is 4. The van der Waals surface area contributed by atoms with Crippen LogP contribution in [0.25, 0.3) is 11.2 Å². The number of anilines is 3. The van der Waals surface area contributed by atoms with Crippen LogP contribution in [0, 0.1) is 0 Å². The largest absolute Gasteiger partial charge is 0.394 e. The number of hydrogen-bond acceptors (Lipinski definition) is 12. The normalized spacial score (nSPS) is 25.1. The number of imidazole rings is 1. The highest BCUT2D eigenvalue weighted by Crippen LogP contribution is 2.34. The second kappa shape index (κ2) is 9.59. The van der Waals surface area contributed by atoms with E-state index >= 15 is 0 Å². The predicted molar refractivity (Wildman–Crippen MR) is 126 cm³/mol. The zero-order chi connectivity index (χ0) is 24.5. The molecule has 0 saturated carbocycles. The fourth-order valence-electron chi connectivity index (χ4n) is 4.17. The van der Waals surface area contributed by atoms with Crippen LogP contribution in [0.5, 0.6) is 0 Å². The van der Waals surface area contributed by atoms with E-state index in [-0.39, 0.29) is 23.1 Å². The second-order valence-corrected chi connectivity index (χ2v) is 8.22. The van der Waals surface area contributed by atoms with Crippen LogP contribution < -0.4 is 21.6 Å². The van der Waals surface area contributed by atoms with Crippen LogP contribution in [0.1, 0.15) is 11.8 Å². The number of rotatable bonds is 6. The lowest BCUT2D eigenvalue weighted by atomic mass is 10.1. The molecule has 0 radical (unpaired) electrons. The Labute approximate surface area is 198 Å². The van der Waals surface area contributed by atoms with Crippen molar-refractivity contribution in [1.29, 1.82) is 0 Å². The Kier molecular flexibility index (Phi) is 6.36. The fourth-order valence-corrected chi connectivity index (χ4v) is 4.17. The number of nitrogens with two attached hydrogens (primary N) is 1. The molecule has 4 atom stereocenters. The van der Waals surface area contributed by atoms with E-state index in [9.17, 15) is 20.1 Å². The molecule has 4 heterocycles. The van der Waals surface area contributed by atoms with Gasteiger partial charge in [0.2, 0.25) is 11.9 Å². The number of benzene rings is 1. The number of aliphatic hydroxyl groups excluding tert-OH is 3. The van der Waals surface area contributed by atoms with E-state index in [1.54, 1.807) is 6.21 Å². The number of aliphatic hydroxyl groups is 3. The molecule has 2 aliphatic heterocycles. The Morgan fingerprint density at radius 2 is 1.94 bits per heavy atom.